The maximum absolute atomic E-state index is 11.8. The summed E-state index contributed by atoms with van der Waals surface area (Å²) in [6, 6.07) is 2.89. The van der Waals surface area contributed by atoms with E-state index in [0.717, 1.165) is 6.42 Å². The second-order valence-corrected chi connectivity index (χ2v) is 4.47. The van der Waals surface area contributed by atoms with E-state index < -0.39 is 0 Å². The maximum atomic E-state index is 11.8. The number of hydrogen-bond acceptors (Lipinski definition) is 4. The summed E-state index contributed by atoms with van der Waals surface area (Å²) in [7, 11) is 0. The van der Waals surface area contributed by atoms with Crippen LogP contribution in [0.2, 0.25) is 0 Å². The quantitative estimate of drug-likeness (QED) is 0.774. The van der Waals surface area contributed by atoms with Gasteiger partial charge >= 0.3 is 0 Å². The van der Waals surface area contributed by atoms with E-state index in [1.807, 2.05) is 6.92 Å². The lowest BCUT2D eigenvalue weighted by molar-refractivity contribution is -0.122. The van der Waals surface area contributed by atoms with Crippen molar-refractivity contribution in [1.82, 2.24) is 9.88 Å². The van der Waals surface area contributed by atoms with Crippen LogP contribution in [-0.2, 0) is 16.1 Å². The van der Waals surface area contributed by atoms with Crippen molar-refractivity contribution in [2.24, 2.45) is 0 Å². The van der Waals surface area contributed by atoms with Crippen LogP contribution < -0.4 is 16.6 Å². The fourth-order valence-electron chi connectivity index (χ4n) is 2.00. The highest BCUT2D eigenvalue weighted by Gasteiger charge is 2.25. The lowest BCUT2D eigenvalue weighted by Crippen LogP contribution is -2.42. The number of nitrogens with zero attached hydrogens (tertiary/aromatic N) is 1. The molecule has 6 heteroatoms. The molecule has 0 spiro atoms. The van der Waals surface area contributed by atoms with Gasteiger partial charge in [-0.05, 0) is 19.4 Å². The van der Waals surface area contributed by atoms with Gasteiger partial charge in [0.25, 0.3) is 5.56 Å². The second kappa shape index (κ2) is 5.22. The number of nitrogens with one attached hydrogen (secondary N) is 1. The molecule has 2 atom stereocenters. The van der Waals surface area contributed by atoms with Gasteiger partial charge in [-0.2, -0.15) is 0 Å². The minimum Gasteiger partial charge on any atom is -0.398 e. The molecule has 1 aromatic heterocycles. The van der Waals surface area contributed by atoms with Crippen LogP contribution in [0.15, 0.2) is 23.1 Å². The Bertz CT molecular complexity index is 498. The van der Waals surface area contributed by atoms with E-state index >= 15 is 0 Å². The first-order valence-electron chi connectivity index (χ1n) is 5.93. The largest absolute Gasteiger partial charge is 0.398 e. The van der Waals surface area contributed by atoms with Crippen LogP contribution in [0.4, 0.5) is 5.69 Å². The van der Waals surface area contributed by atoms with Crippen LogP contribution in [0.25, 0.3) is 0 Å². The lowest BCUT2D eigenvalue weighted by Gasteiger charge is -2.16. The summed E-state index contributed by atoms with van der Waals surface area (Å²) in [5.41, 5.74) is 5.80. The topological polar surface area (TPSA) is 86.3 Å². The highest BCUT2D eigenvalue weighted by atomic mass is 16.5. The van der Waals surface area contributed by atoms with E-state index in [0.29, 0.717) is 12.3 Å². The number of anilines is 1. The molecule has 2 heterocycles. The van der Waals surface area contributed by atoms with Crippen molar-refractivity contribution >= 4 is 11.6 Å². The molecule has 1 aromatic rings. The highest BCUT2D eigenvalue weighted by Crippen LogP contribution is 2.12. The van der Waals surface area contributed by atoms with Gasteiger partial charge in [0.1, 0.15) is 6.54 Å². The first kappa shape index (κ1) is 12.6. The Balaban J connectivity index is 1.98. The number of carbonyl (C=O) groups is 1. The monoisotopic (exact) mass is 251 g/mol. The van der Waals surface area contributed by atoms with Crippen LogP contribution in [-0.4, -0.2) is 29.2 Å². The molecule has 0 aliphatic carbocycles. The molecule has 1 aliphatic rings. The van der Waals surface area contributed by atoms with Crippen LogP contribution in [0, 0.1) is 0 Å². The third kappa shape index (κ3) is 2.89. The third-order valence-corrected chi connectivity index (χ3v) is 3.04. The first-order valence-corrected chi connectivity index (χ1v) is 5.93. The molecule has 0 radical (unpaired) electrons. The summed E-state index contributed by atoms with van der Waals surface area (Å²) < 4.78 is 6.65. The molecule has 98 valence electrons. The van der Waals surface area contributed by atoms with Crippen molar-refractivity contribution in [3.8, 4) is 0 Å². The Morgan fingerprint density at radius 1 is 1.61 bits per heavy atom. The van der Waals surface area contributed by atoms with Crippen molar-refractivity contribution in [3.05, 3.63) is 28.7 Å². The summed E-state index contributed by atoms with van der Waals surface area (Å²) in [5, 5.41) is 2.86. The van der Waals surface area contributed by atoms with E-state index in [1.54, 1.807) is 0 Å². The summed E-state index contributed by atoms with van der Waals surface area (Å²) >= 11 is 0. The molecule has 1 aliphatic heterocycles. The highest BCUT2D eigenvalue weighted by molar-refractivity contribution is 5.76. The fourth-order valence-corrected chi connectivity index (χ4v) is 2.00. The smallest absolute Gasteiger partial charge is 0.251 e. The zero-order valence-corrected chi connectivity index (χ0v) is 10.3. The number of ether oxygens (including phenoxy) is 1. The van der Waals surface area contributed by atoms with Crippen LogP contribution in [0.5, 0.6) is 0 Å². The van der Waals surface area contributed by atoms with E-state index in [-0.39, 0.29) is 30.2 Å². The van der Waals surface area contributed by atoms with Gasteiger partial charge in [0.2, 0.25) is 5.91 Å². The molecule has 6 nitrogen and oxygen atoms in total. The normalized spacial score (nSPS) is 22.9. The molecule has 0 aromatic carbocycles. The predicted octanol–water partition coefficient (Wildman–Crippen LogP) is -0.276. The van der Waals surface area contributed by atoms with Gasteiger partial charge in [-0.1, -0.05) is 0 Å². The van der Waals surface area contributed by atoms with Gasteiger partial charge in [0, 0.05) is 24.6 Å². The van der Waals surface area contributed by atoms with Gasteiger partial charge in [0.05, 0.1) is 12.1 Å². The van der Waals surface area contributed by atoms with E-state index in [9.17, 15) is 9.59 Å². The number of nitrogens with two attached hydrogens (primary N) is 1. The molecule has 1 saturated heterocycles. The number of nitrogen functional groups attached to an aromatic ring is 1. The van der Waals surface area contributed by atoms with Gasteiger partial charge in [0.15, 0.2) is 0 Å². The first-order chi connectivity index (χ1) is 8.56. The second-order valence-electron chi connectivity index (χ2n) is 4.47. The molecule has 18 heavy (non-hydrogen) atoms. The summed E-state index contributed by atoms with van der Waals surface area (Å²) in [4.78, 5) is 23.3. The molecule has 1 fully saturated rings. The molecule has 0 bridgehead atoms. The molecule has 0 saturated carbocycles. The Hall–Kier alpha value is -1.82. The van der Waals surface area contributed by atoms with Gasteiger partial charge in [-0.25, -0.2) is 0 Å². The number of amides is 1. The van der Waals surface area contributed by atoms with E-state index in [1.165, 1.54) is 22.9 Å². The Morgan fingerprint density at radius 3 is 3.06 bits per heavy atom. The standard InChI is InChI=1S/C12H17N3O3/c1-8-10(4-5-18-8)14-11(16)7-15-6-9(13)2-3-12(15)17/h2-3,6,8,10H,4-5,7,13H2,1H3,(H,14,16). The third-order valence-electron chi connectivity index (χ3n) is 3.04. The summed E-state index contributed by atoms with van der Waals surface area (Å²) in [6.45, 7) is 2.56. The Morgan fingerprint density at radius 2 is 2.39 bits per heavy atom. The average molecular weight is 251 g/mol. The number of carbonyl (C=O) groups excluding carboxylic acids is 1. The predicted molar refractivity (Wildman–Crippen MR) is 67.1 cm³/mol. The maximum Gasteiger partial charge on any atom is 0.251 e. The minimum absolute atomic E-state index is 0.0199. The van der Waals surface area contributed by atoms with Crippen molar-refractivity contribution in [3.63, 3.8) is 0 Å². The lowest BCUT2D eigenvalue weighted by atomic mass is 10.1. The van der Waals surface area contributed by atoms with Crippen molar-refractivity contribution in [1.29, 1.82) is 0 Å². The SMILES string of the molecule is CC1OCCC1NC(=O)Cn1cc(N)ccc1=O. The molecular formula is C12H17N3O3. The summed E-state index contributed by atoms with van der Waals surface area (Å²) in [6.07, 6.45) is 2.29. The van der Waals surface area contributed by atoms with Crippen molar-refractivity contribution < 1.29 is 9.53 Å². The molecule has 2 rings (SSSR count). The zero-order valence-electron chi connectivity index (χ0n) is 10.3. The van der Waals surface area contributed by atoms with Crippen molar-refractivity contribution in [2.75, 3.05) is 12.3 Å². The van der Waals surface area contributed by atoms with Crippen LogP contribution >= 0.6 is 0 Å². The minimum atomic E-state index is -0.241. The van der Waals surface area contributed by atoms with Gasteiger partial charge in [-0.3, -0.25) is 9.59 Å². The molecule has 1 amide bonds. The Labute approximate surface area is 105 Å². The van der Waals surface area contributed by atoms with Crippen LogP contribution in [0.1, 0.15) is 13.3 Å². The molecular weight excluding hydrogens is 234 g/mol. The fraction of sp³-hybridized carbons (Fsp3) is 0.500. The van der Waals surface area contributed by atoms with Gasteiger partial charge in [-0.15, -0.1) is 0 Å². The van der Waals surface area contributed by atoms with Crippen molar-refractivity contribution in [2.45, 2.75) is 32.0 Å². The zero-order chi connectivity index (χ0) is 13.1. The number of pyridine rings is 1. The number of hydrogen-bond donors (Lipinski definition) is 2. The Kier molecular flexibility index (Phi) is 3.66. The van der Waals surface area contributed by atoms with E-state index in [2.05, 4.69) is 5.32 Å². The molecule has 3 N–H and O–H groups in total. The van der Waals surface area contributed by atoms with Gasteiger partial charge < -0.3 is 20.4 Å². The summed E-state index contributed by atoms with van der Waals surface area (Å²) in [5.74, 6) is -0.204. The average Bonchev–Trinajstić information content (AvgIpc) is 2.70. The number of aromatic nitrogens is 1. The molecule has 2 unspecified atom stereocenters. The van der Waals surface area contributed by atoms with E-state index in [4.69, 9.17) is 10.5 Å². The number of rotatable bonds is 3. The van der Waals surface area contributed by atoms with Crippen LogP contribution in [0.3, 0.4) is 0 Å².